The van der Waals surface area contributed by atoms with E-state index in [0.717, 1.165) is 16.4 Å². The molecule has 0 saturated carbocycles. The molecule has 0 amide bonds. The van der Waals surface area contributed by atoms with Crippen LogP contribution < -0.4 is 10.5 Å². The molecule has 2 aromatic rings. The Balaban J connectivity index is 2.18. The molecule has 3 nitrogen and oxygen atoms in total. The molecule has 2 N–H and O–H groups in total. The van der Waals surface area contributed by atoms with Gasteiger partial charge in [-0.2, -0.15) is 0 Å². The van der Waals surface area contributed by atoms with Crippen LogP contribution in [-0.2, 0) is 0 Å². The van der Waals surface area contributed by atoms with Gasteiger partial charge in [-0.3, -0.25) is 0 Å². The zero-order valence-electron chi connectivity index (χ0n) is 10.5. The molecule has 2 rings (SSSR count). The fourth-order valence-corrected chi connectivity index (χ4v) is 2.80. The average molecular weight is 263 g/mol. The van der Waals surface area contributed by atoms with Crippen LogP contribution in [0.15, 0.2) is 52.0 Å². The minimum atomic E-state index is 0.00681. The van der Waals surface area contributed by atoms with Gasteiger partial charge in [0.05, 0.1) is 18.6 Å². The molecule has 1 heterocycles. The first kappa shape index (κ1) is 13.1. The molecule has 4 heteroatoms. The number of ether oxygens (including phenoxy) is 1. The summed E-state index contributed by atoms with van der Waals surface area (Å²) in [6.07, 6.45) is 1.68. The van der Waals surface area contributed by atoms with Gasteiger partial charge in [0.15, 0.2) is 0 Å². The first-order valence-corrected chi connectivity index (χ1v) is 6.68. The molecule has 0 aliphatic rings. The Hall–Kier alpha value is -1.39. The monoisotopic (exact) mass is 263 g/mol. The normalized spacial score (nSPS) is 14.2. The van der Waals surface area contributed by atoms with Crippen LogP contribution in [0.25, 0.3) is 0 Å². The molecule has 96 valence electrons. The maximum Gasteiger partial charge on any atom is 0.119 e. The number of methoxy groups -OCH3 is 1. The van der Waals surface area contributed by atoms with Crippen molar-refractivity contribution in [2.24, 2.45) is 5.73 Å². The van der Waals surface area contributed by atoms with Crippen LogP contribution in [0, 0.1) is 0 Å². The van der Waals surface area contributed by atoms with Crippen molar-refractivity contribution in [3.63, 3.8) is 0 Å². The molecule has 1 aromatic carbocycles. The second kappa shape index (κ2) is 5.98. The van der Waals surface area contributed by atoms with Crippen molar-refractivity contribution < 1.29 is 9.15 Å². The summed E-state index contributed by atoms with van der Waals surface area (Å²) in [5, 5.41) is 0.104. The molecule has 0 saturated heterocycles. The lowest BCUT2D eigenvalue weighted by molar-refractivity contribution is 0.413. The van der Waals surface area contributed by atoms with E-state index in [1.165, 1.54) is 0 Å². The number of nitrogens with two attached hydrogens (primary N) is 1. The van der Waals surface area contributed by atoms with Crippen LogP contribution in [0.2, 0.25) is 0 Å². The highest BCUT2D eigenvalue weighted by atomic mass is 32.2. The quantitative estimate of drug-likeness (QED) is 0.839. The van der Waals surface area contributed by atoms with Crippen molar-refractivity contribution in [3.05, 3.63) is 48.4 Å². The maximum atomic E-state index is 6.03. The van der Waals surface area contributed by atoms with E-state index < -0.39 is 0 Å². The van der Waals surface area contributed by atoms with Crippen LogP contribution in [0.4, 0.5) is 0 Å². The molecule has 2 atom stereocenters. The summed E-state index contributed by atoms with van der Waals surface area (Å²) in [6.45, 7) is 1.99. The maximum absolute atomic E-state index is 6.03. The molecule has 0 spiro atoms. The minimum absolute atomic E-state index is 0.00681. The lowest BCUT2D eigenvalue weighted by Gasteiger charge is -2.18. The van der Waals surface area contributed by atoms with Gasteiger partial charge in [0.1, 0.15) is 11.5 Å². The molecule has 0 aliphatic carbocycles. The summed E-state index contributed by atoms with van der Waals surface area (Å²) in [5.74, 6) is 1.75. The number of benzene rings is 1. The largest absolute Gasteiger partial charge is 0.497 e. The fourth-order valence-electron chi connectivity index (χ4n) is 1.70. The van der Waals surface area contributed by atoms with Gasteiger partial charge in [-0.1, -0.05) is 6.07 Å². The molecule has 0 fully saturated rings. The highest BCUT2D eigenvalue weighted by Crippen LogP contribution is 2.38. The SMILES string of the molecule is COc1cccc(SC(c2ccco2)C(C)N)c1. The van der Waals surface area contributed by atoms with Crippen LogP contribution >= 0.6 is 11.8 Å². The van der Waals surface area contributed by atoms with E-state index >= 15 is 0 Å². The smallest absolute Gasteiger partial charge is 0.119 e. The third-order valence-corrected chi connectivity index (χ3v) is 4.05. The molecule has 1 aromatic heterocycles. The molecule has 2 unspecified atom stereocenters. The van der Waals surface area contributed by atoms with E-state index in [9.17, 15) is 0 Å². The summed E-state index contributed by atoms with van der Waals surface area (Å²) in [4.78, 5) is 1.12. The Morgan fingerprint density at radius 3 is 2.72 bits per heavy atom. The van der Waals surface area contributed by atoms with Crippen LogP contribution in [0.1, 0.15) is 17.9 Å². The van der Waals surface area contributed by atoms with Gasteiger partial charge in [-0.05, 0) is 37.3 Å². The Morgan fingerprint density at radius 2 is 2.11 bits per heavy atom. The summed E-state index contributed by atoms with van der Waals surface area (Å²) in [7, 11) is 1.67. The first-order chi connectivity index (χ1) is 8.70. The van der Waals surface area contributed by atoms with Crippen molar-refractivity contribution in [1.82, 2.24) is 0 Å². The standard InChI is InChI=1S/C14H17NO2S/c1-10(15)14(13-7-4-8-17-13)18-12-6-3-5-11(9-12)16-2/h3-10,14H,15H2,1-2H3. The highest BCUT2D eigenvalue weighted by Gasteiger charge is 2.20. The summed E-state index contributed by atoms with van der Waals surface area (Å²) >= 11 is 1.69. The van der Waals surface area contributed by atoms with Gasteiger partial charge < -0.3 is 14.9 Å². The highest BCUT2D eigenvalue weighted by molar-refractivity contribution is 7.99. The minimum Gasteiger partial charge on any atom is -0.497 e. The third kappa shape index (κ3) is 3.09. The van der Waals surface area contributed by atoms with E-state index in [4.69, 9.17) is 14.9 Å². The number of hydrogen-bond acceptors (Lipinski definition) is 4. The van der Waals surface area contributed by atoms with E-state index in [0.29, 0.717) is 0 Å². The predicted octanol–water partition coefficient (Wildman–Crippen LogP) is 3.47. The van der Waals surface area contributed by atoms with Crippen molar-refractivity contribution in [2.45, 2.75) is 23.1 Å². The van der Waals surface area contributed by atoms with Gasteiger partial charge in [0.2, 0.25) is 0 Å². The van der Waals surface area contributed by atoms with Crippen molar-refractivity contribution in [1.29, 1.82) is 0 Å². The van der Waals surface area contributed by atoms with E-state index in [-0.39, 0.29) is 11.3 Å². The van der Waals surface area contributed by atoms with Crippen molar-refractivity contribution >= 4 is 11.8 Å². The molecule has 0 radical (unpaired) electrons. The number of thioether (sulfide) groups is 1. The van der Waals surface area contributed by atoms with Gasteiger partial charge in [-0.25, -0.2) is 0 Å². The zero-order chi connectivity index (χ0) is 13.0. The average Bonchev–Trinajstić information content (AvgIpc) is 2.89. The number of hydrogen-bond donors (Lipinski definition) is 1. The molecular weight excluding hydrogens is 246 g/mol. The Bertz CT molecular complexity index is 482. The predicted molar refractivity (Wildman–Crippen MR) is 73.9 cm³/mol. The second-order valence-corrected chi connectivity index (χ2v) is 5.31. The van der Waals surface area contributed by atoms with Crippen LogP contribution in [0.5, 0.6) is 5.75 Å². The van der Waals surface area contributed by atoms with Crippen molar-refractivity contribution in [2.75, 3.05) is 7.11 Å². The second-order valence-electron chi connectivity index (χ2n) is 4.09. The van der Waals surface area contributed by atoms with E-state index in [1.54, 1.807) is 25.1 Å². The summed E-state index contributed by atoms with van der Waals surface area (Å²) < 4.78 is 10.7. The molecule has 0 aliphatic heterocycles. The Morgan fingerprint density at radius 1 is 1.28 bits per heavy atom. The van der Waals surface area contributed by atoms with E-state index in [2.05, 4.69) is 0 Å². The first-order valence-electron chi connectivity index (χ1n) is 5.80. The van der Waals surface area contributed by atoms with Crippen molar-refractivity contribution in [3.8, 4) is 5.75 Å². The van der Waals surface area contributed by atoms with Gasteiger partial charge in [0, 0.05) is 10.9 Å². The van der Waals surface area contributed by atoms with Gasteiger partial charge in [-0.15, -0.1) is 11.8 Å². The van der Waals surface area contributed by atoms with Gasteiger partial charge >= 0.3 is 0 Å². The molecule has 18 heavy (non-hydrogen) atoms. The van der Waals surface area contributed by atoms with E-state index in [1.807, 2.05) is 43.3 Å². The summed E-state index contributed by atoms with van der Waals surface area (Å²) in [6, 6.07) is 11.8. The topological polar surface area (TPSA) is 48.4 Å². The number of rotatable bonds is 5. The third-order valence-electron chi connectivity index (χ3n) is 2.61. The Kier molecular flexibility index (Phi) is 4.33. The van der Waals surface area contributed by atoms with Crippen LogP contribution in [0.3, 0.4) is 0 Å². The number of furan rings is 1. The molecular formula is C14H17NO2S. The lowest BCUT2D eigenvalue weighted by atomic mass is 10.2. The van der Waals surface area contributed by atoms with Crippen LogP contribution in [-0.4, -0.2) is 13.2 Å². The molecule has 0 bridgehead atoms. The Labute approximate surface area is 111 Å². The lowest BCUT2D eigenvalue weighted by Crippen LogP contribution is -2.22. The summed E-state index contributed by atoms with van der Waals surface area (Å²) in [5.41, 5.74) is 6.03. The van der Waals surface area contributed by atoms with Gasteiger partial charge in [0.25, 0.3) is 0 Å². The fraction of sp³-hybridized carbons (Fsp3) is 0.286. The zero-order valence-corrected chi connectivity index (χ0v) is 11.3.